The zero-order valence-corrected chi connectivity index (χ0v) is 12.6. The first-order valence-electron chi connectivity index (χ1n) is 6.49. The van der Waals surface area contributed by atoms with E-state index in [1.165, 1.54) is 10.4 Å². The molecule has 0 fully saturated rings. The lowest BCUT2D eigenvalue weighted by Gasteiger charge is -2.23. The SMILES string of the molecule is Cc1ccc(CNCC(c2cccs2)N(C)C)nc1. The highest BCUT2D eigenvalue weighted by Crippen LogP contribution is 2.22. The predicted molar refractivity (Wildman–Crippen MR) is 81.4 cm³/mol. The summed E-state index contributed by atoms with van der Waals surface area (Å²) in [6.07, 6.45) is 1.92. The molecule has 0 bridgehead atoms. The van der Waals surface area contributed by atoms with Crippen LogP contribution in [0.2, 0.25) is 0 Å². The summed E-state index contributed by atoms with van der Waals surface area (Å²) in [5.41, 5.74) is 2.29. The van der Waals surface area contributed by atoms with Crippen LogP contribution in [0, 0.1) is 6.92 Å². The second-order valence-electron chi connectivity index (χ2n) is 4.95. The van der Waals surface area contributed by atoms with Crippen LogP contribution in [-0.4, -0.2) is 30.5 Å². The lowest BCUT2D eigenvalue weighted by Crippen LogP contribution is -2.30. The summed E-state index contributed by atoms with van der Waals surface area (Å²) < 4.78 is 0. The molecule has 2 aromatic heterocycles. The quantitative estimate of drug-likeness (QED) is 0.878. The molecule has 0 aliphatic heterocycles. The molecule has 102 valence electrons. The molecule has 0 spiro atoms. The standard InChI is InChI=1S/C15H21N3S/c1-12-6-7-13(17-9-12)10-16-11-14(18(2)3)15-5-4-8-19-15/h4-9,14,16H,10-11H2,1-3H3. The highest BCUT2D eigenvalue weighted by Gasteiger charge is 2.14. The summed E-state index contributed by atoms with van der Waals surface area (Å²) in [5.74, 6) is 0. The lowest BCUT2D eigenvalue weighted by atomic mass is 10.2. The molecule has 1 atom stereocenters. The third kappa shape index (κ3) is 4.13. The first kappa shape index (κ1) is 14.2. The zero-order valence-electron chi connectivity index (χ0n) is 11.8. The van der Waals surface area contributed by atoms with Gasteiger partial charge >= 0.3 is 0 Å². The fourth-order valence-corrected chi connectivity index (χ4v) is 2.88. The molecule has 0 amide bonds. The van der Waals surface area contributed by atoms with Gasteiger partial charge in [0.2, 0.25) is 0 Å². The second-order valence-corrected chi connectivity index (χ2v) is 5.93. The van der Waals surface area contributed by atoms with E-state index in [2.05, 4.69) is 65.9 Å². The average molecular weight is 275 g/mol. The highest BCUT2D eigenvalue weighted by molar-refractivity contribution is 7.10. The fraction of sp³-hybridized carbons (Fsp3) is 0.400. The molecule has 2 aromatic rings. The first-order valence-corrected chi connectivity index (χ1v) is 7.37. The molecule has 0 saturated carbocycles. The van der Waals surface area contributed by atoms with Gasteiger partial charge in [-0.1, -0.05) is 12.1 Å². The number of hydrogen-bond donors (Lipinski definition) is 1. The highest BCUT2D eigenvalue weighted by atomic mass is 32.1. The van der Waals surface area contributed by atoms with Gasteiger partial charge in [0, 0.05) is 24.2 Å². The van der Waals surface area contributed by atoms with E-state index >= 15 is 0 Å². The van der Waals surface area contributed by atoms with Gasteiger partial charge < -0.3 is 10.2 Å². The Balaban J connectivity index is 1.88. The van der Waals surface area contributed by atoms with E-state index in [4.69, 9.17) is 0 Å². The van der Waals surface area contributed by atoms with Crippen LogP contribution in [0.4, 0.5) is 0 Å². The molecular formula is C15H21N3S. The Hall–Kier alpha value is -1.23. The maximum absolute atomic E-state index is 4.41. The van der Waals surface area contributed by atoms with Gasteiger partial charge in [-0.25, -0.2) is 0 Å². The normalized spacial score (nSPS) is 12.8. The number of rotatable bonds is 6. The van der Waals surface area contributed by atoms with Gasteiger partial charge in [-0.15, -0.1) is 11.3 Å². The number of nitrogens with zero attached hydrogens (tertiary/aromatic N) is 2. The molecule has 19 heavy (non-hydrogen) atoms. The zero-order chi connectivity index (χ0) is 13.7. The van der Waals surface area contributed by atoms with E-state index in [0.717, 1.165) is 18.8 Å². The molecule has 2 rings (SSSR count). The number of pyridine rings is 1. The van der Waals surface area contributed by atoms with Gasteiger partial charge in [-0.05, 0) is 44.1 Å². The van der Waals surface area contributed by atoms with Crippen molar-refractivity contribution in [2.45, 2.75) is 19.5 Å². The molecule has 0 aliphatic carbocycles. The number of thiophene rings is 1. The van der Waals surface area contributed by atoms with Crippen LogP contribution in [0.3, 0.4) is 0 Å². The fourth-order valence-electron chi connectivity index (χ4n) is 1.96. The number of hydrogen-bond acceptors (Lipinski definition) is 4. The Morgan fingerprint density at radius 2 is 2.16 bits per heavy atom. The van der Waals surface area contributed by atoms with Crippen molar-refractivity contribution in [2.75, 3.05) is 20.6 Å². The summed E-state index contributed by atoms with van der Waals surface area (Å²) in [4.78, 5) is 8.06. The first-order chi connectivity index (χ1) is 9.16. The van der Waals surface area contributed by atoms with Crippen molar-refractivity contribution in [1.82, 2.24) is 15.2 Å². The van der Waals surface area contributed by atoms with Gasteiger partial charge in [0.25, 0.3) is 0 Å². The minimum atomic E-state index is 0.422. The molecule has 4 heteroatoms. The third-order valence-electron chi connectivity index (χ3n) is 3.11. The van der Waals surface area contributed by atoms with Gasteiger partial charge in [0.05, 0.1) is 11.7 Å². The summed E-state index contributed by atoms with van der Waals surface area (Å²) in [7, 11) is 4.24. The second kappa shape index (κ2) is 6.80. The van der Waals surface area contributed by atoms with Gasteiger partial charge in [0.1, 0.15) is 0 Å². The maximum atomic E-state index is 4.41. The number of aromatic nitrogens is 1. The topological polar surface area (TPSA) is 28.2 Å². The Labute approximate surface area is 119 Å². The Morgan fingerprint density at radius 1 is 1.32 bits per heavy atom. The predicted octanol–water partition coefficient (Wildman–Crippen LogP) is 2.84. The van der Waals surface area contributed by atoms with Crippen LogP contribution in [-0.2, 0) is 6.54 Å². The maximum Gasteiger partial charge on any atom is 0.0561 e. The minimum absolute atomic E-state index is 0.422. The Bertz CT molecular complexity index is 477. The van der Waals surface area contributed by atoms with E-state index in [-0.39, 0.29) is 0 Å². The Kier molecular flexibility index (Phi) is 5.07. The number of likely N-dealkylation sites (N-methyl/N-ethyl adjacent to an activating group) is 1. The van der Waals surface area contributed by atoms with Gasteiger partial charge in [0.15, 0.2) is 0 Å². The molecule has 3 nitrogen and oxygen atoms in total. The van der Waals surface area contributed by atoms with Crippen LogP contribution in [0.15, 0.2) is 35.8 Å². The minimum Gasteiger partial charge on any atom is -0.309 e. The number of aryl methyl sites for hydroxylation is 1. The van der Waals surface area contributed by atoms with Crippen molar-refractivity contribution in [3.05, 3.63) is 52.0 Å². The van der Waals surface area contributed by atoms with Crippen LogP contribution < -0.4 is 5.32 Å². The largest absolute Gasteiger partial charge is 0.309 e. The summed E-state index contributed by atoms with van der Waals surface area (Å²) in [6, 6.07) is 8.91. The summed E-state index contributed by atoms with van der Waals surface area (Å²) in [6.45, 7) is 3.81. The van der Waals surface area contributed by atoms with E-state index < -0.39 is 0 Å². The van der Waals surface area contributed by atoms with Crippen molar-refractivity contribution in [2.24, 2.45) is 0 Å². The molecule has 0 saturated heterocycles. The van der Waals surface area contributed by atoms with Crippen molar-refractivity contribution in [3.63, 3.8) is 0 Å². The van der Waals surface area contributed by atoms with E-state index in [1.807, 2.05) is 17.5 Å². The molecule has 1 unspecified atom stereocenters. The van der Waals surface area contributed by atoms with E-state index in [0.29, 0.717) is 6.04 Å². The van der Waals surface area contributed by atoms with Crippen LogP contribution in [0.1, 0.15) is 22.2 Å². The molecule has 0 aromatic carbocycles. The summed E-state index contributed by atoms with van der Waals surface area (Å²) in [5, 5.41) is 5.63. The smallest absolute Gasteiger partial charge is 0.0561 e. The summed E-state index contributed by atoms with van der Waals surface area (Å²) >= 11 is 1.81. The lowest BCUT2D eigenvalue weighted by molar-refractivity contribution is 0.292. The number of nitrogens with one attached hydrogen (secondary N) is 1. The molecule has 0 aliphatic rings. The van der Waals surface area contributed by atoms with Crippen LogP contribution in [0.25, 0.3) is 0 Å². The van der Waals surface area contributed by atoms with Crippen LogP contribution >= 0.6 is 11.3 Å². The van der Waals surface area contributed by atoms with Gasteiger partial charge in [-0.3, -0.25) is 4.98 Å². The third-order valence-corrected chi connectivity index (χ3v) is 4.08. The molecule has 1 N–H and O–H groups in total. The van der Waals surface area contributed by atoms with E-state index in [1.54, 1.807) is 0 Å². The average Bonchev–Trinajstić information content (AvgIpc) is 2.90. The van der Waals surface area contributed by atoms with Crippen molar-refractivity contribution < 1.29 is 0 Å². The van der Waals surface area contributed by atoms with Crippen molar-refractivity contribution >= 4 is 11.3 Å². The van der Waals surface area contributed by atoms with Crippen molar-refractivity contribution in [1.29, 1.82) is 0 Å². The molecule has 2 heterocycles. The molecule has 0 radical (unpaired) electrons. The van der Waals surface area contributed by atoms with Crippen molar-refractivity contribution in [3.8, 4) is 0 Å². The van der Waals surface area contributed by atoms with Crippen LogP contribution in [0.5, 0.6) is 0 Å². The molecular weight excluding hydrogens is 254 g/mol. The van der Waals surface area contributed by atoms with Gasteiger partial charge in [-0.2, -0.15) is 0 Å². The Morgan fingerprint density at radius 3 is 2.74 bits per heavy atom. The monoisotopic (exact) mass is 275 g/mol. The van der Waals surface area contributed by atoms with E-state index in [9.17, 15) is 0 Å².